The molecule has 3 nitrogen and oxygen atoms in total. The molecule has 0 aliphatic heterocycles. The van der Waals surface area contributed by atoms with Gasteiger partial charge in [0.05, 0.1) is 27.8 Å². The van der Waals surface area contributed by atoms with Crippen LogP contribution in [0, 0.1) is 0 Å². The molecule has 54 heavy (non-hydrogen) atoms. The smallest absolute Gasteiger partial charge is 0.145 e. The monoisotopic (exact) mass is 692 g/mol. The second kappa shape index (κ2) is 11.6. The molecule has 1 aliphatic carbocycles. The largest absolute Gasteiger partial charge is 0.455 e. The third kappa shape index (κ3) is 4.36. The van der Waals surface area contributed by atoms with Gasteiger partial charge in [-0.05, 0) is 82.9 Å². The molecule has 0 atom stereocenters. The first kappa shape index (κ1) is 30.8. The highest BCUT2D eigenvalue weighted by molar-refractivity contribution is 6.17. The molecule has 256 valence electrons. The number of nitrogens with zero attached hydrogens (tertiary/aromatic N) is 2. The highest BCUT2D eigenvalue weighted by atomic mass is 16.3. The van der Waals surface area contributed by atoms with Crippen LogP contribution in [0.4, 0.5) is 17.1 Å². The Bertz CT molecular complexity index is 3020. The zero-order chi connectivity index (χ0) is 36.0. The minimum absolute atomic E-state index is 0.136. The van der Waals surface area contributed by atoms with Crippen molar-refractivity contribution in [1.29, 1.82) is 0 Å². The van der Waals surface area contributed by atoms with Crippen molar-refractivity contribution >= 4 is 60.8 Å². The number of furan rings is 1. The van der Waals surface area contributed by atoms with E-state index < -0.39 is 0 Å². The summed E-state index contributed by atoms with van der Waals surface area (Å²) >= 11 is 0. The van der Waals surface area contributed by atoms with Gasteiger partial charge in [0, 0.05) is 44.1 Å². The summed E-state index contributed by atoms with van der Waals surface area (Å²) < 4.78 is 9.19. The van der Waals surface area contributed by atoms with Gasteiger partial charge in [-0.15, -0.1) is 0 Å². The van der Waals surface area contributed by atoms with Crippen molar-refractivity contribution in [2.45, 2.75) is 19.3 Å². The van der Waals surface area contributed by atoms with Gasteiger partial charge in [0.1, 0.15) is 11.2 Å². The lowest BCUT2D eigenvalue weighted by Gasteiger charge is -2.30. The third-order valence-electron chi connectivity index (χ3n) is 11.6. The highest BCUT2D eigenvalue weighted by Gasteiger charge is 2.38. The Morgan fingerprint density at radius 3 is 1.87 bits per heavy atom. The maximum atomic E-state index is 6.80. The van der Waals surface area contributed by atoms with Crippen LogP contribution in [0.25, 0.3) is 71.7 Å². The summed E-state index contributed by atoms with van der Waals surface area (Å²) in [5, 5.41) is 4.71. The lowest BCUT2D eigenvalue weighted by molar-refractivity contribution is 0.660. The SMILES string of the molecule is CC1(C)c2ccccc2-c2c(N(c3ccc(-n4c5ccccc5c5ccccc54)cc3)c3ccc(-c4ccccc4)c4oc5ccccc5c34)cccc21. The molecule has 0 unspecified atom stereocenters. The molecular formula is C51H36N2O. The van der Waals surface area contributed by atoms with Crippen LogP contribution < -0.4 is 4.90 Å². The number of aromatic nitrogens is 1. The van der Waals surface area contributed by atoms with Gasteiger partial charge >= 0.3 is 0 Å². The topological polar surface area (TPSA) is 21.3 Å². The summed E-state index contributed by atoms with van der Waals surface area (Å²) in [6, 6.07) is 65.8. The van der Waals surface area contributed by atoms with Gasteiger partial charge in [0.15, 0.2) is 0 Å². The molecule has 0 spiro atoms. The van der Waals surface area contributed by atoms with E-state index in [0.717, 1.165) is 55.8 Å². The molecule has 0 radical (unpaired) electrons. The molecule has 0 amide bonds. The third-order valence-corrected chi connectivity index (χ3v) is 11.6. The van der Waals surface area contributed by atoms with Crippen molar-refractivity contribution in [1.82, 2.24) is 4.57 Å². The van der Waals surface area contributed by atoms with Crippen molar-refractivity contribution in [2.24, 2.45) is 0 Å². The number of rotatable bonds is 5. The van der Waals surface area contributed by atoms with Crippen LogP contribution in [0.2, 0.25) is 0 Å². The number of hydrogen-bond donors (Lipinski definition) is 0. The Morgan fingerprint density at radius 2 is 1.11 bits per heavy atom. The summed E-state index contributed by atoms with van der Waals surface area (Å²) in [5.74, 6) is 0. The van der Waals surface area contributed by atoms with E-state index in [0.29, 0.717) is 0 Å². The van der Waals surface area contributed by atoms with Crippen LogP contribution in [0.3, 0.4) is 0 Å². The number of fused-ring (bicyclic) bond motifs is 9. The van der Waals surface area contributed by atoms with Gasteiger partial charge in [0.2, 0.25) is 0 Å². The van der Waals surface area contributed by atoms with Gasteiger partial charge in [-0.1, -0.05) is 135 Å². The van der Waals surface area contributed by atoms with Crippen LogP contribution in [-0.2, 0) is 5.41 Å². The fraction of sp³-hybridized carbons (Fsp3) is 0.0588. The molecule has 0 saturated carbocycles. The molecular weight excluding hydrogens is 657 g/mol. The van der Waals surface area contributed by atoms with E-state index in [1.807, 2.05) is 0 Å². The van der Waals surface area contributed by atoms with Gasteiger partial charge in [-0.2, -0.15) is 0 Å². The van der Waals surface area contributed by atoms with Crippen molar-refractivity contribution in [3.05, 3.63) is 193 Å². The van der Waals surface area contributed by atoms with E-state index >= 15 is 0 Å². The zero-order valence-corrected chi connectivity index (χ0v) is 30.1. The van der Waals surface area contributed by atoms with Crippen LogP contribution in [0.1, 0.15) is 25.0 Å². The first-order chi connectivity index (χ1) is 26.6. The maximum absolute atomic E-state index is 6.80. The van der Waals surface area contributed by atoms with E-state index in [4.69, 9.17) is 4.42 Å². The van der Waals surface area contributed by atoms with Gasteiger partial charge in [0.25, 0.3) is 0 Å². The Balaban J connectivity index is 1.20. The second-order valence-electron chi connectivity index (χ2n) is 14.9. The molecule has 1 aliphatic rings. The quantitative estimate of drug-likeness (QED) is 0.179. The van der Waals surface area contributed by atoms with Crippen molar-refractivity contribution in [2.75, 3.05) is 4.90 Å². The Morgan fingerprint density at radius 1 is 0.481 bits per heavy atom. The summed E-state index contributed by atoms with van der Waals surface area (Å²) in [7, 11) is 0. The van der Waals surface area contributed by atoms with Crippen LogP contribution >= 0.6 is 0 Å². The number of para-hydroxylation sites is 3. The predicted octanol–water partition coefficient (Wildman–Crippen LogP) is 14.1. The molecule has 0 bridgehead atoms. The fourth-order valence-corrected chi connectivity index (χ4v) is 9.12. The minimum Gasteiger partial charge on any atom is -0.455 e. The number of benzene rings is 8. The summed E-state index contributed by atoms with van der Waals surface area (Å²) in [6.07, 6.45) is 0. The Kier molecular flexibility index (Phi) is 6.60. The predicted molar refractivity (Wildman–Crippen MR) is 226 cm³/mol. The molecule has 0 saturated heterocycles. The zero-order valence-electron chi connectivity index (χ0n) is 30.1. The lowest BCUT2D eigenvalue weighted by atomic mass is 9.82. The number of hydrogen-bond acceptors (Lipinski definition) is 2. The normalized spacial score (nSPS) is 13.1. The molecule has 2 aromatic heterocycles. The molecule has 8 aromatic carbocycles. The minimum atomic E-state index is -0.136. The number of anilines is 3. The van der Waals surface area contributed by atoms with Crippen molar-refractivity contribution in [3.8, 4) is 27.9 Å². The maximum Gasteiger partial charge on any atom is 0.145 e. The fourth-order valence-electron chi connectivity index (χ4n) is 9.12. The molecule has 10 aromatic rings. The van der Waals surface area contributed by atoms with E-state index in [1.165, 1.54) is 44.1 Å². The van der Waals surface area contributed by atoms with Gasteiger partial charge in [-0.3, -0.25) is 0 Å². The van der Waals surface area contributed by atoms with Crippen molar-refractivity contribution in [3.63, 3.8) is 0 Å². The molecule has 0 fully saturated rings. The van der Waals surface area contributed by atoms with E-state index in [-0.39, 0.29) is 5.41 Å². The molecule has 0 N–H and O–H groups in total. The average molecular weight is 693 g/mol. The summed E-state index contributed by atoms with van der Waals surface area (Å²) in [6.45, 7) is 4.70. The summed E-state index contributed by atoms with van der Waals surface area (Å²) in [5.41, 5.74) is 15.9. The van der Waals surface area contributed by atoms with Crippen LogP contribution in [0.5, 0.6) is 0 Å². The van der Waals surface area contributed by atoms with E-state index in [1.54, 1.807) is 0 Å². The standard InChI is InChI=1S/C51H36N2O/c1-51(2)41-21-10-6-19-39(41)48-42(51)22-14-25-45(48)53(35-29-27-34(28-30-35)52-43-23-11-7-17-37(43)38-18-8-12-24-44(38)52)46-32-31-36(33-15-4-3-5-16-33)50-49(46)40-20-9-13-26-47(40)54-50/h3-32H,1-2H3. The van der Waals surface area contributed by atoms with Crippen LogP contribution in [-0.4, -0.2) is 4.57 Å². The molecule has 2 heterocycles. The Labute approximate surface area is 314 Å². The second-order valence-corrected chi connectivity index (χ2v) is 14.9. The molecule has 11 rings (SSSR count). The van der Waals surface area contributed by atoms with E-state index in [2.05, 4.69) is 205 Å². The molecule has 3 heteroatoms. The first-order valence-corrected chi connectivity index (χ1v) is 18.7. The Hall–Kier alpha value is -6.84. The van der Waals surface area contributed by atoms with E-state index in [9.17, 15) is 0 Å². The van der Waals surface area contributed by atoms with Crippen molar-refractivity contribution < 1.29 is 4.42 Å². The van der Waals surface area contributed by atoms with Gasteiger partial charge < -0.3 is 13.9 Å². The van der Waals surface area contributed by atoms with Crippen LogP contribution in [0.15, 0.2) is 186 Å². The lowest BCUT2D eigenvalue weighted by Crippen LogP contribution is -2.16. The average Bonchev–Trinajstić information content (AvgIpc) is 3.85. The first-order valence-electron chi connectivity index (χ1n) is 18.7. The summed E-state index contributed by atoms with van der Waals surface area (Å²) in [4.78, 5) is 2.46. The highest BCUT2D eigenvalue weighted by Crippen LogP contribution is 2.55. The van der Waals surface area contributed by atoms with Gasteiger partial charge in [-0.25, -0.2) is 0 Å².